The number of hydrazine groups is 1. The minimum atomic E-state index is -0.345. The van der Waals surface area contributed by atoms with Crippen molar-refractivity contribution in [3.63, 3.8) is 0 Å². The molecule has 0 spiro atoms. The van der Waals surface area contributed by atoms with Crippen LogP contribution < -0.4 is 16.6 Å². The molecule has 0 heterocycles. The molecule has 0 aliphatic carbocycles. The van der Waals surface area contributed by atoms with Crippen molar-refractivity contribution in [2.24, 2.45) is 5.84 Å². The molecule has 16 heavy (non-hydrogen) atoms. The van der Waals surface area contributed by atoms with Crippen LogP contribution in [0.25, 0.3) is 0 Å². The lowest BCUT2D eigenvalue weighted by atomic mass is 9.97. The molecule has 0 aromatic heterocycles. The fourth-order valence-electron chi connectivity index (χ4n) is 1.96. The first-order valence-electron chi connectivity index (χ1n) is 5.35. The van der Waals surface area contributed by atoms with Crippen LogP contribution in [-0.2, 0) is 6.42 Å². The van der Waals surface area contributed by atoms with E-state index in [1.54, 1.807) is 0 Å². The topological polar surface area (TPSA) is 67.2 Å². The van der Waals surface area contributed by atoms with E-state index >= 15 is 0 Å². The molecular formula is C12H19N3O. The smallest absolute Gasteiger partial charge is 0.328 e. The van der Waals surface area contributed by atoms with Crippen LogP contribution in [0.1, 0.15) is 22.3 Å². The molecule has 1 rings (SSSR count). The standard InChI is InChI=1S/C12H19N3O/c1-8-6-9(2)11(10(3)7-8)4-5-14-12(16)15-13/h6-7H,4-5,13H2,1-3H3,(H2,14,15,16). The number of hydrogen-bond acceptors (Lipinski definition) is 2. The van der Waals surface area contributed by atoms with E-state index in [1.807, 2.05) is 5.43 Å². The number of amides is 2. The van der Waals surface area contributed by atoms with E-state index in [1.165, 1.54) is 22.3 Å². The lowest BCUT2D eigenvalue weighted by Gasteiger charge is -2.11. The average molecular weight is 221 g/mol. The Morgan fingerprint density at radius 1 is 1.25 bits per heavy atom. The Morgan fingerprint density at radius 3 is 2.31 bits per heavy atom. The van der Waals surface area contributed by atoms with Gasteiger partial charge in [0, 0.05) is 6.54 Å². The molecule has 2 amide bonds. The van der Waals surface area contributed by atoms with E-state index in [2.05, 4.69) is 38.2 Å². The van der Waals surface area contributed by atoms with Gasteiger partial charge in [0.25, 0.3) is 0 Å². The van der Waals surface area contributed by atoms with Crippen LogP contribution in [0.15, 0.2) is 12.1 Å². The van der Waals surface area contributed by atoms with Gasteiger partial charge < -0.3 is 5.32 Å². The first-order chi connectivity index (χ1) is 7.54. The molecule has 1 aromatic rings. The number of benzene rings is 1. The van der Waals surface area contributed by atoms with Gasteiger partial charge in [-0.15, -0.1) is 0 Å². The van der Waals surface area contributed by atoms with Crippen molar-refractivity contribution in [2.75, 3.05) is 6.54 Å². The summed E-state index contributed by atoms with van der Waals surface area (Å²) in [4.78, 5) is 10.9. The number of carbonyl (C=O) groups excluding carboxylic acids is 1. The first-order valence-corrected chi connectivity index (χ1v) is 5.35. The third-order valence-electron chi connectivity index (χ3n) is 2.63. The molecule has 0 aliphatic rings. The lowest BCUT2D eigenvalue weighted by molar-refractivity contribution is 0.241. The van der Waals surface area contributed by atoms with Crippen molar-refractivity contribution in [3.8, 4) is 0 Å². The third-order valence-corrected chi connectivity index (χ3v) is 2.63. The summed E-state index contributed by atoms with van der Waals surface area (Å²) in [6.45, 7) is 6.87. The van der Waals surface area contributed by atoms with Gasteiger partial charge in [0.2, 0.25) is 0 Å². The molecule has 0 saturated carbocycles. The van der Waals surface area contributed by atoms with E-state index in [4.69, 9.17) is 5.84 Å². The number of carbonyl (C=O) groups is 1. The molecule has 4 N–H and O–H groups in total. The van der Waals surface area contributed by atoms with Gasteiger partial charge in [0.05, 0.1) is 0 Å². The molecule has 0 bridgehead atoms. The number of nitrogens with one attached hydrogen (secondary N) is 2. The molecular weight excluding hydrogens is 202 g/mol. The summed E-state index contributed by atoms with van der Waals surface area (Å²) in [7, 11) is 0. The van der Waals surface area contributed by atoms with Crippen LogP contribution >= 0.6 is 0 Å². The zero-order valence-corrected chi connectivity index (χ0v) is 10.1. The summed E-state index contributed by atoms with van der Waals surface area (Å²) in [6, 6.07) is 3.97. The first kappa shape index (κ1) is 12.5. The molecule has 0 atom stereocenters. The Hall–Kier alpha value is -1.55. The molecule has 4 nitrogen and oxygen atoms in total. The van der Waals surface area contributed by atoms with Crippen molar-refractivity contribution in [1.29, 1.82) is 0 Å². The van der Waals surface area contributed by atoms with E-state index in [0.29, 0.717) is 6.54 Å². The second-order valence-electron chi connectivity index (χ2n) is 4.03. The predicted molar refractivity (Wildman–Crippen MR) is 65.1 cm³/mol. The molecule has 88 valence electrons. The van der Waals surface area contributed by atoms with Gasteiger partial charge >= 0.3 is 6.03 Å². The van der Waals surface area contributed by atoms with Crippen molar-refractivity contribution >= 4 is 6.03 Å². The minimum absolute atomic E-state index is 0.345. The van der Waals surface area contributed by atoms with Crippen molar-refractivity contribution in [1.82, 2.24) is 10.7 Å². The quantitative estimate of drug-likeness (QED) is 0.409. The van der Waals surface area contributed by atoms with Gasteiger partial charge in [-0.25, -0.2) is 10.6 Å². The number of aryl methyl sites for hydroxylation is 3. The highest BCUT2D eigenvalue weighted by molar-refractivity contribution is 5.73. The molecule has 4 heteroatoms. The zero-order chi connectivity index (χ0) is 12.1. The maximum absolute atomic E-state index is 10.9. The maximum atomic E-state index is 10.9. The number of rotatable bonds is 3. The summed E-state index contributed by atoms with van der Waals surface area (Å²) in [5, 5.41) is 2.67. The van der Waals surface area contributed by atoms with Crippen LogP contribution in [-0.4, -0.2) is 12.6 Å². The van der Waals surface area contributed by atoms with E-state index < -0.39 is 0 Å². The normalized spacial score (nSPS) is 10.0. The fourth-order valence-corrected chi connectivity index (χ4v) is 1.96. The Morgan fingerprint density at radius 2 is 1.81 bits per heavy atom. The summed E-state index contributed by atoms with van der Waals surface area (Å²) < 4.78 is 0. The van der Waals surface area contributed by atoms with Crippen LogP contribution in [0.3, 0.4) is 0 Å². The number of hydrogen-bond donors (Lipinski definition) is 3. The monoisotopic (exact) mass is 221 g/mol. The Bertz CT molecular complexity index is 365. The molecule has 0 saturated heterocycles. The lowest BCUT2D eigenvalue weighted by Crippen LogP contribution is -2.40. The molecule has 0 aliphatic heterocycles. The molecule has 0 radical (unpaired) electrons. The van der Waals surface area contributed by atoms with E-state index in [0.717, 1.165) is 6.42 Å². The minimum Gasteiger partial charge on any atom is -0.337 e. The predicted octanol–water partition coefficient (Wildman–Crippen LogP) is 1.33. The summed E-state index contributed by atoms with van der Waals surface area (Å²) in [5.41, 5.74) is 7.15. The highest BCUT2D eigenvalue weighted by atomic mass is 16.2. The van der Waals surface area contributed by atoms with Crippen molar-refractivity contribution in [3.05, 3.63) is 34.4 Å². The van der Waals surface area contributed by atoms with Crippen molar-refractivity contribution < 1.29 is 4.79 Å². The number of nitrogens with two attached hydrogens (primary N) is 1. The van der Waals surface area contributed by atoms with Crippen LogP contribution in [0.4, 0.5) is 4.79 Å². The van der Waals surface area contributed by atoms with Gasteiger partial charge in [0.15, 0.2) is 0 Å². The molecule has 0 unspecified atom stereocenters. The van der Waals surface area contributed by atoms with Gasteiger partial charge in [0.1, 0.15) is 0 Å². The maximum Gasteiger partial charge on any atom is 0.328 e. The second-order valence-corrected chi connectivity index (χ2v) is 4.03. The SMILES string of the molecule is Cc1cc(C)c(CCNC(=O)NN)c(C)c1. The fraction of sp³-hybridized carbons (Fsp3) is 0.417. The van der Waals surface area contributed by atoms with Gasteiger partial charge in [-0.05, 0) is 43.9 Å². The largest absolute Gasteiger partial charge is 0.337 e. The molecule has 1 aromatic carbocycles. The number of urea groups is 1. The second kappa shape index (κ2) is 5.51. The van der Waals surface area contributed by atoms with Gasteiger partial charge in [-0.1, -0.05) is 17.7 Å². The summed E-state index contributed by atoms with van der Waals surface area (Å²) in [5.74, 6) is 4.97. The van der Waals surface area contributed by atoms with Crippen LogP contribution in [0, 0.1) is 20.8 Å². The Labute approximate surface area is 96.2 Å². The highest BCUT2D eigenvalue weighted by Gasteiger charge is 2.04. The van der Waals surface area contributed by atoms with E-state index in [-0.39, 0.29) is 6.03 Å². The highest BCUT2D eigenvalue weighted by Crippen LogP contribution is 2.16. The summed E-state index contributed by atoms with van der Waals surface area (Å²) >= 11 is 0. The van der Waals surface area contributed by atoms with Crippen LogP contribution in [0.5, 0.6) is 0 Å². The third kappa shape index (κ3) is 3.24. The van der Waals surface area contributed by atoms with Crippen molar-refractivity contribution in [2.45, 2.75) is 27.2 Å². The van der Waals surface area contributed by atoms with Crippen LogP contribution in [0.2, 0.25) is 0 Å². The summed E-state index contributed by atoms with van der Waals surface area (Å²) in [6.07, 6.45) is 0.825. The zero-order valence-electron chi connectivity index (χ0n) is 10.1. The Kier molecular flexibility index (Phi) is 4.31. The Balaban J connectivity index is 2.64. The van der Waals surface area contributed by atoms with Gasteiger partial charge in [-0.3, -0.25) is 5.43 Å². The molecule has 0 fully saturated rings. The van der Waals surface area contributed by atoms with E-state index in [9.17, 15) is 4.79 Å². The van der Waals surface area contributed by atoms with Gasteiger partial charge in [-0.2, -0.15) is 0 Å². The average Bonchev–Trinajstić information content (AvgIpc) is 2.21.